The highest BCUT2D eigenvalue weighted by Gasteiger charge is 2.31. The van der Waals surface area contributed by atoms with E-state index in [0.717, 1.165) is 22.7 Å². The van der Waals surface area contributed by atoms with Crippen molar-refractivity contribution in [1.29, 1.82) is 0 Å². The van der Waals surface area contributed by atoms with Crippen molar-refractivity contribution in [2.75, 3.05) is 11.9 Å². The third-order valence-electron chi connectivity index (χ3n) is 3.70. The highest BCUT2D eigenvalue weighted by atomic mass is 32.1. The second-order valence-electron chi connectivity index (χ2n) is 5.94. The molecule has 2 aromatic heterocycles. The van der Waals surface area contributed by atoms with Crippen molar-refractivity contribution in [2.24, 2.45) is 0 Å². The van der Waals surface area contributed by atoms with Crippen LogP contribution in [0.5, 0.6) is 5.75 Å². The fourth-order valence-electron chi connectivity index (χ4n) is 2.41. The molecule has 0 aliphatic rings. The molecule has 0 saturated carbocycles. The van der Waals surface area contributed by atoms with Gasteiger partial charge in [0.15, 0.2) is 0 Å². The lowest BCUT2D eigenvalue weighted by Crippen LogP contribution is -2.16. The molecule has 0 aliphatic heterocycles. The minimum absolute atomic E-state index is 0.00145. The van der Waals surface area contributed by atoms with Crippen LogP contribution in [0.1, 0.15) is 24.6 Å². The van der Waals surface area contributed by atoms with E-state index in [-0.39, 0.29) is 17.9 Å². The molecule has 148 valence electrons. The van der Waals surface area contributed by atoms with Gasteiger partial charge in [0.25, 0.3) is 0 Å². The number of alkyl halides is 3. The molecule has 0 radical (unpaired) electrons. The Morgan fingerprint density at radius 3 is 2.75 bits per heavy atom. The monoisotopic (exact) mass is 426 g/mol. The largest absolute Gasteiger partial charge is 0.491 e. The van der Waals surface area contributed by atoms with Crippen molar-refractivity contribution in [3.63, 3.8) is 0 Å². The van der Waals surface area contributed by atoms with Crippen molar-refractivity contribution in [1.82, 2.24) is 4.98 Å². The predicted octanol–water partition coefficient (Wildman–Crippen LogP) is 5.86. The molecule has 4 nitrogen and oxygen atoms in total. The number of rotatable bonds is 7. The molecular weight excluding hydrogens is 409 g/mol. The van der Waals surface area contributed by atoms with Crippen molar-refractivity contribution in [3.8, 4) is 16.3 Å². The Hall–Kier alpha value is -2.39. The lowest BCUT2D eigenvalue weighted by atomic mass is 10.1. The maximum atomic E-state index is 13.0. The maximum Gasteiger partial charge on any atom is 0.416 e. The van der Waals surface area contributed by atoms with Gasteiger partial charge in [-0.1, -0.05) is 6.92 Å². The lowest BCUT2D eigenvalue weighted by Gasteiger charge is -2.15. The Bertz CT molecular complexity index is 937. The summed E-state index contributed by atoms with van der Waals surface area (Å²) in [6.45, 7) is 2.22. The molecule has 3 rings (SSSR count). The fourth-order valence-corrected chi connectivity index (χ4v) is 3.94. The van der Waals surface area contributed by atoms with Crippen LogP contribution in [0, 0.1) is 0 Å². The van der Waals surface area contributed by atoms with E-state index in [1.54, 1.807) is 16.7 Å². The standard InChI is InChI=1S/C19H17F3N2O2S2/c1-2-6-26-16-4-3-13(19(20,21)22)8-15(16)24-17(25)9-14-11-28-18(23-14)12-5-7-27-10-12/h3-5,7-8,10-11H,2,6,9H2,1H3,(H,24,25). The zero-order chi connectivity index (χ0) is 20.1. The Balaban J connectivity index is 1.74. The molecule has 0 aliphatic carbocycles. The number of amides is 1. The molecule has 0 atom stereocenters. The summed E-state index contributed by atoms with van der Waals surface area (Å²) >= 11 is 2.97. The second kappa shape index (κ2) is 8.74. The molecule has 1 amide bonds. The quantitative estimate of drug-likeness (QED) is 0.515. The molecule has 1 aromatic carbocycles. The van der Waals surface area contributed by atoms with Crippen LogP contribution in [0.4, 0.5) is 18.9 Å². The molecule has 9 heteroatoms. The zero-order valence-electron chi connectivity index (χ0n) is 14.9. The predicted molar refractivity (Wildman–Crippen MR) is 105 cm³/mol. The molecule has 0 bridgehead atoms. The third-order valence-corrected chi connectivity index (χ3v) is 5.33. The molecule has 1 N–H and O–H groups in total. The van der Waals surface area contributed by atoms with Gasteiger partial charge in [-0.05, 0) is 36.1 Å². The number of carbonyl (C=O) groups is 1. The number of nitrogens with one attached hydrogen (secondary N) is 1. The van der Waals surface area contributed by atoms with E-state index in [4.69, 9.17) is 4.74 Å². The van der Waals surface area contributed by atoms with E-state index >= 15 is 0 Å². The summed E-state index contributed by atoms with van der Waals surface area (Å²) < 4.78 is 44.5. The number of anilines is 1. The summed E-state index contributed by atoms with van der Waals surface area (Å²) in [7, 11) is 0. The fraction of sp³-hybridized carbons (Fsp3) is 0.263. The number of aromatic nitrogens is 1. The number of benzene rings is 1. The second-order valence-corrected chi connectivity index (χ2v) is 7.58. The van der Waals surface area contributed by atoms with Crippen LogP contribution in [-0.2, 0) is 17.4 Å². The average Bonchev–Trinajstić information content (AvgIpc) is 3.31. The first-order valence-corrected chi connectivity index (χ1v) is 10.3. The van der Waals surface area contributed by atoms with E-state index in [2.05, 4.69) is 10.3 Å². The minimum atomic E-state index is -4.51. The first-order valence-electron chi connectivity index (χ1n) is 8.47. The van der Waals surface area contributed by atoms with E-state index in [9.17, 15) is 18.0 Å². The van der Waals surface area contributed by atoms with Crippen LogP contribution < -0.4 is 10.1 Å². The summed E-state index contributed by atoms with van der Waals surface area (Å²) in [5.74, 6) is -0.247. The smallest absolute Gasteiger partial charge is 0.416 e. The van der Waals surface area contributed by atoms with Gasteiger partial charge in [-0.15, -0.1) is 11.3 Å². The van der Waals surface area contributed by atoms with Gasteiger partial charge in [0.05, 0.1) is 30.0 Å². The van der Waals surface area contributed by atoms with Gasteiger partial charge in [-0.3, -0.25) is 4.79 Å². The number of halogens is 3. The van der Waals surface area contributed by atoms with E-state index in [0.29, 0.717) is 18.7 Å². The summed E-state index contributed by atoms with van der Waals surface area (Å²) in [5.41, 5.74) is 0.697. The molecule has 0 unspecified atom stereocenters. The van der Waals surface area contributed by atoms with Crippen LogP contribution in [0.25, 0.3) is 10.6 Å². The van der Waals surface area contributed by atoms with Gasteiger partial charge in [-0.25, -0.2) is 4.98 Å². The zero-order valence-corrected chi connectivity index (χ0v) is 16.5. The van der Waals surface area contributed by atoms with Gasteiger partial charge < -0.3 is 10.1 Å². The summed E-state index contributed by atoms with van der Waals surface area (Å²) in [6.07, 6.45) is -3.85. The van der Waals surface area contributed by atoms with Crippen molar-refractivity contribution in [2.45, 2.75) is 25.9 Å². The number of ether oxygens (including phenoxy) is 1. The van der Waals surface area contributed by atoms with Gasteiger partial charge >= 0.3 is 6.18 Å². The van der Waals surface area contributed by atoms with Gasteiger partial charge in [0, 0.05) is 16.3 Å². The Morgan fingerprint density at radius 1 is 1.25 bits per heavy atom. The minimum Gasteiger partial charge on any atom is -0.491 e. The van der Waals surface area contributed by atoms with Gasteiger partial charge in [0.1, 0.15) is 10.8 Å². The maximum absolute atomic E-state index is 13.0. The topological polar surface area (TPSA) is 51.2 Å². The molecule has 0 saturated heterocycles. The van der Waals surface area contributed by atoms with Crippen LogP contribution in [0.3, 0.4) is 0 Å². The number of nitrogens with zero attached hydrogens (tertiary/aromatic N) is 1. The van der Waals surface area contributed by atoms with E-state index in [1.165, 1.54) is 17.4 Å². The van der Waals surface area contributed by atoms with Gasteiger partial charge in [0.2, 0.25) is 5.91 Å². The number of hydrogen-bond donors (Lipinski definition) is 1. The number of thiophene rings is 1. The van der Waals surface area contributed by atoms with Crippen LogP contribution >= 0.6 is 22.7 Å². The summed E-state index contributed by atoms with van der Waals surface area (Å²) in [5, 5.41) is 9.00. The lowest BCUT2D eigenvalue weighted by molar-refractivity contribution is -0.137. The van der Waals surface area contributed by atoms with Crippen molar-refractivity contribution < 1.29 is 22.7 Å². The van der Waals surface area contributed by atoms with Crippen molar-refractivity contribution >= 4 is 34.3 Å². The summed E-state index contributed by atoms with van der Waals surface area (Å²) in [6, 6.07) is 4.99. The molecule has 2 heterocycles. The normalized spacial score (nSPS) is 11.4. The number of thiazole rings is 1. The summed E-state index contributed by atoms with van der Waals surface area (Å²) in [4.78, 5) is 16.8. The Labute approximate surface area is 168 Å². The van der Waals surface area contributed by atoms with E-state index < -0.39 is 17.6 Å². The molecular formula is C19H17F3N2O2S2. The molecule has 0 fully saturated rings. The van der Waals surface area contributed by atoms with Gasteiger partial charge in [-0.2, -0.15) is 24.5 Å². The van der Waals surface area contributed by atoms with Crippen molar-refractivity contribution in [3.05, 3.63) is 51.7 Å². The highest BCUT2D eigenvalue weighted by molar-refractivity contribution is 7.14. The first-order chi connectivity index (χ1) is 13.4. The number of hydrogen-bond acceptors (Lipinski definition) is 5. The van der Waals surface area contributed by atoms with Crippen LogP contribution in [0.2, 0.25) is 0 Å². The highest BCUT2D eigenvalue weighted by Crippen LogP contribution is 2.35. The first kappa shape index (κ1) is 20.3. The SMILES string of the molecule is CCCOc1ccc(C(F)(F)F)cc1NC(=O)Cc1csc(-c2ccsc2)n1. The molecule has 3 aromatic rings. The number of carbonyl (C=O) groups excluding carboxylic acids is 1. The van der Waals surface area contributed by atoms with Crippen LogP contribution in [-0.4, -0.2) is 17.5 Å². The Morgan fingerprint density at radius 2 is 2.07 bits per heavy atom. The third kappa shape index (κ3) is 5.11. The van der Waals surface area contributed by atoms with Crippen LogP contribution in [0.15, 0.2) is 40.4 Å². The average molecular weight is 426 g/mol. The van der Waals surface area contributed by atoms with E-state index in [1.807, 2.05) is 23.8 Å². The molecule has 0 spiro atoms. The molecule has 28 heavy (non-hydrogen) atoms. The Kier molecular flexibility index (Phi) is 6.35.